The van der Waals surface area contributed by atoms with Crippen molar-refractivity contribution in [2.45, 2.75) is 31.6 Å². The smallest absolute Gasteiger partial charge is 0.131 e. The quantitative estimate of drug-likeness (QED) is 0.235. The molecule has 1 amide bonds. The van der Waals surface area contributed by atoms with Gasteiger partial charge in [-0.1, -0.05) is 91.7 Å². The van der Waals surface area contributed by atoms with Crippen LogP contribution >= 0.6 is 11.6 Å². The summed E-state index contributed by atoms with van der Waals surface area (Å²) in [6.45, 7) is 2.15. The molecule has 0 saturated heterocycles. The first-order chi connectivity index (χ1) is 15.5. The molecule has 0 aromatic heterocycles. The Morgan fingerprint density at radius 2 is 1.48 bits per heavy atom. The average molecular weight is 534 g/mol. The predicted octanol–water partition coefficient (Wildman–Crippen LogP) is 8.54. The number of halogens is 2. The first-order valence-electron chi connectivity index (χ1n) is 10.8. The second-order valence-corrected chi connectivity index (χ2v) is 8.49. The van der Waals surface area contributed by atoms with Crippen LogP contribution in [-0.2, 0) is 32.7 Å². The number of rotatable bonds is 7. The minimum absolute atomic E-state index is 0. The number of fused-ring (bicyclic) bond motifs is 1. The third kappa shape index (κ3) is 5.54. The van der Waals surface area contributed by atoms with Crippen molar-refractivity contribution in [1.29, 1.82) is 0 Å². The molecule has 0 fully saturated rings. The van der Waals surface area contributed by atoms with E-state index < -0.39 is 5.91 Å². The molecule has 0 aliphatic heterocycles. The zero-order valence-corrected chi connectivity index (χ0v) is 22.0. The van der Waals surface area contributed by atoms with Crippen LogP contribution in [0.25, 0.3) is 16.5 Å². The largest absolute Gasteiger partial charge is 0.664 e. The Labute approximate surface area is 224 Å². The molecule has 0 heterocycles. The van der Waals surface area contributed by atoms with E-state index in [9.17, 15) is 9.18 Å². The van der Waals surface area contributed by atoms with Gasteiger partial charge in [0.2, 0.25) is 0 Å². The van der Waals surface area contributed by atoms with Crippen molar-refractivity contribution in [3.05, 3.63) is 124 Å². The fourth-order valence-corrected chi connectivity index (χ4v) is 4.70. The van der Waals surface area contributed by atoms with Gasteiger partial charge in [-0.2, -0.15) is 0 Å². The maximum atomic E-state index is 14.6. The second kappa shape index (κ2) is 11.4. The first kappa shape index (κ1) is 25.6. The summed E-state index contributed by atoms with van der Waals surface area (Å²) >= 11 is 6.18. The van der Waals surface area contributed by atoms with Gasteiger partial charge in [0.25, 0.3) is 0 Å². The van der Waals surface area contributed by atoms with Crippen molar-refractivity contribution >= 4 is 28.3 Å². The van der Waals surface area contributed by atoms with E-state index in [0.29, 0.717) is 16.0 Å². The fraction of sp³-hybridized carbons (Fsp3) is 0.179. The van der Waals surface area contributed by atoms with Crippen molar-refractivity contribution in [2.24, 2.45) is 0 Å². The van der Waals surface area contributed by atoms with Crippen LogP contribution in [0.5, 0.6) is 0 Å². The van der Waals surface area contributed by atoms with Crippen LogP contribution in [0, 0.1) is 5.82 Å². The minimum Gasteiger partial charge on any atom is -0.664 e. The Kier molecular flexibility index (Phi) is 8.81. The number of amides is 1. The van der Waals surface area contributed by atoms with Crippen LogP contribution in [0.15, 0.2) is 84.9 Å². The zero-order valence-electron chi connectivity index (χ0n) is 18.4. The molecule has 0 saturated carbocycles. The van der Waals surface area contributed by atoms with Gasteiger partial charge in [-0.25, -0.2) is 4.39 Å². The number of carbonyl (C=O) groups is 1. The van der Waals surface area contributed by atoms with Gasteiger partial charge >= 0.3 is 0 Å². The van der Waals surface area contributed by atoms with Gasteiger partial charge in [0.15, 0.2) is 0 Å². The maximum Gasteiger partial charge on any atom is 0.131 e. The summed E-state index contributed by atoms with van der Waals surface area (Å²) in [6, 6.07) is 26.2. The topological polar surface area (TPSA) is 40.9 Å². The normalized spacial score (nSPS) is 12.7. The second-order valence-electron chi connectivity index (χ2n) is 8.06. The molecule has 1 unspecified atom stereocenters. The molecule has 2 atom stereocenters. The summed E-state index contributed by atoms with van der Waals surface area (Å²) in [5.74, 6) is -0.855. The molecule has 0 bridgehead atoms. The molecule has 0 aliphatic rings. The van der Waals surface area contributed by atoms with Crippen LogP contribution in [0.1, 0.15) is 58.6 Å². The Bertz CT molecular complexity index is 1240. The van der Waals surface area contributed by atoms with Gasteiger partial charge in [-0.15, -0.1) is 0 Å². The molecule has 4 rings (SSSR count). The zero-order chi connectivity index (χ0) is 22.7. The van der Waals surface area contributed by atoms with E-state index in [-0.39, 0.29) is 50.4 Å². The fourth-order valence-electron chi connectivity index (χ4n) is 4.57. The van der Waals surface area contributed by atoms with Crippen LogP contribution in [0.2, 0.25) is 5.02 Å². The Hall–Kier alpha value is -2.07. The molecule has 1 N–H and O–H groups in total. The third-order valence-electron chi connectivity index (χ3n) is 6.07. The van der Waals surface area contributed by atoms with Crippen molar-refractivity contribution in [3.8, 4) is 0 Å². The minimum atomic E-state index is -0.692. The van der Waals surface area contributed by atoms with Gasteiger partial charge < -0.3 is 10.5 Å². The van der Waals surface area contributed by atoms with E-state index in [4.69, 9.17) is 17.3 Å². The molecule has 0 aliphatic carbocycles. The van der Waals surface area contributed by atoms with Gasteiger partial charge in [0.05, 0.1) is 5.91 Å². The summed E-state index contributed by atoms with van der Waals surface area (Å²) in [5, 5.41) is 2.17. The van der Waals surface area contributed by atoms with E-state index in [2.05, 4.69) is 6.92 Å². The van der Waals surface area contributed by atoms with Crippen molar-refractivity contribution in [1.82, 2.24) is 0 Å². The molecule has 5 heteroatoms. The van der Waals surface area contributed by atoms with Crippen LogP contribution in [0.3, 0.4) is 0 Å². The number of hydrogen-bond donors (Lipinski definition) is 0. The summed E-state index contributed by atoms with van der Waals surface area (Å²) in [6.07, 6.45) is 1.88. The number of carbonyl (C=O) groups excluding carboxylic acids is 1. The Morgan fingerprint density at radius 1 is 0.879 bits per heavy atom. The average Bonchev–Trinajstić information content (AvgIpc) is 2.81. The van der Waals surface area contributed by atoms with Crippen LogP contribution in [-0.4, -0.2) is 5.91 Å². The van der Waals surface area contributed by atoms with E-state index in [1.54, 1.807) is 18.2 Å². The molecule has 4 aromatic carbocycles. The molecular formula is C28H24ClFNOY-. The summed E-state index contributed by atoms with van der Waals surface area (Å²) in [7, 11) is 0. The van der Waals surface area contributed by atoms with E-state index in [0.717, 1.165) is 34.9 Å². The molecule has 4 aromatic rings. The van der Waals surface area contributed by atoms with Crippen molar-refractivity contribution in [3.63, 3.8) is 0 Å². The Morgan fingerprint density at radius 3 is 2.09 bits per heavy atom. The monoisotopic (exact) mass is 533 g/mol. The molecule has 33 heavy (non-hydrogen) atoms. The molecule has 2 nitrogen and oxygen atoms in total. The number of hydrogen-bond acceptors (Lipinski definition) is 1. The molecular weight excluding hydrogens is 510 g/mol. The molecule has 0 spiro atoms. The maximum absolute atomic E-state index is 14.6. The summed E-state index contributed by atoms with van der Waals surface area (Å²) in [4.78, 5) is 11.5. The third-order valence-corrected chi connectivity index (χ3v) is 6.32. The van der Waals surface area contributed by atoms with Crippen LogP contribution in [0.4, 0.5) is 4.39 Å². The number of benzene rings is 4. The van der Waals surface area contributed by atoms with Gasteiger partial charge in [0.1, 0.15) is 5.82 Å². The SMILES string of the molecule is CCC[C@H](c1ccc(C([NH-])=O)cc1)C(c1ccc(Cl)cc1)c1ccc(F)c2ccccc12.[Y]. The van der Waals surface area contributed by atoms with E-state index in [1.807, 2.05) is 66.7 Å². The predicted molar refractivity (Wildman–Crippen MR) is 130 cm³/mol. The van der Waals surface area contributed by atoms with Gasteiger partial charge in [-0.05, 0) is 58.2 Å². The van der Waals surface area contributed by atoms with Crippen LogP contribution < -0.4 is 0 Å². The molecule has 165 valence electrons. The summed E-state index contributed by atoms with van der Waals surface area (Å²) < 4.78 is 14.6. The standard InChI is InChI=1S/C28H25ClFNO.Y/c1-2-5-22(18-8-10-20(11-9-18)28(31)32)27(19-12-14-21(29)15-13-19)25-16-17-26(30)24-7-4-3-6-23(24)25;/h3-4,6-17,22,27H,2,5H2,1H3,(H2,31,32);/p-1/t22-,27?;/m1./s1. The Balaban J connectivity index is 0.00000306. The van der Waals surface area contributed by atoms with Gasteiger partial charge in [-0.3, -0.25) is 0 Å². The molecule has 1 radical (unpaired) electrons. The first-order valence-corrected chi connectivity index (χ1v) is 11.2. The van der Waals surface area contributed by atoms with Crippen molar-refractivity contribution < 1.29 is 41.9 Å². The summed E-state index contributed by atoms with van der Waals surface area (Å²) in [5.41, 5.74) is 11.0. The van der Waals surface area contributed by atoms with Crippen molar-refractivity contribution in [2.75, 3.05) is 0 Å². The van der Waals surface area contributed by atoms with E-state index in [1.165, 1.54) is 0 Å². The van der Waals surface area contributed by atoms with E-state index >= 15 is 0 Å². The number of nitrogens with one attached hydrogen (secondary N) is 1. The van der Waals surface area contributed by atoms with Gasteiger partial charge in [0, 0.05) is 49.0 Å².